The van der Waals surface area contributed by atoms with Gasteiger partial charge in [-0.05, 0) is 67.7 Å². The largest absolute Gasteiger partial charge is 0.480 e. The van der Waals surface area contributed by atoms with Gasteiger partial charge in [-0.3, -0.25) is 77.1 Å². The molecule has 101 heavy (non-hydrogen) atoms. The second-order valence-corrected chi connectivity index (χ2v) is 28.3. The summed E-state index contributed by atoms with van der Waals surface area (Å²) in [6.07, 6.45) is 1.93. The summed E-state index contributed by atoms with van der Waals surface area (Å²) in [5, 5.41) is 53.0. The summed E-state index contributed by atoms with van der Waals surface area (Å²) in [5.74, 6) is -9.88. The first-order valence-electron chi connectivity index (χ1n) is 34.1. The van der Waals surface area contributed by atoms with Crippen molar-refractivity contribution < 1.29 is 87.5 Å². The molecule has 31 nitrogen and oxygen atoms in total. The van der Waals surface area contributed by atoms with E-state index in [0.29, 0.717) is 48.7 Å². The Bertz CT molecular complexity index is 3180. The first-order valence-corrected chi connectivity index (χ1v) is 37.5. The zero-order chi connectivity index (χ0) is 73.4. The quantitative estimate of drug-likeness (QED) is 0.0445. The van der Waals surface area contributed by atoms with Crippen molar-refractivity contribution in [2.24, 2.45) is 16.6 Å². The molecule has 4 heterocycles. The standard InChI is InChI=1S/C67H97N13O18S3/c1-3-49-61(90)72-50(14-15-55(68)81)62(91)73-51(33-44-10-6-5-7-11-44)63(92)74-52(67(96)97)43-101-41-47-31-45(39-99-29-17-69-57(83)35-75-20-22-76(36-58(84)85)24-26-78(38-60(88)89)27-25-77(23-21-75)37-59(86)87)30-46(32-47)40-100-42-48(34-70-56(82)16-28-98-4-2)65(94)80-19-9-13-54(80)66(95)79-18-8-12-53(79)64(93)71-49/h5-7,10-11,30-32,34,48-54H,3-4,8-9,12-29,33,35-43H2,1-2H3,(H2,68,81)(H,69,83)(H,71,93)(H,72,90)(H,73,91)(H,74,92)(H,84,85)(H,86,87)(H,88,89)(H,96,97)/b70-34+/t48?,49-,50-,51-,52-,53-,54-/m0/s1. The van der Waals surface area contributed by atoms with Crippen molar-refractivity contribution in [2.45, 2.75) is 125 Å². The number of nitrogens with two attached hydrogens (primary N) is 1. The van der Waals surface area contributed by atoms with Crippen LogP contribution in [-0.2, 0) is 90.7 Å². The van der Waals surface area contributed by atoms with Gasteiger partial charge in [0.1, 0.15) is 36.3 Å². The van der Waals surface area contributed by atoms with Crippen LogP contribution >= 0.6 is 35.3 Å². The van der Waals surface area contributed by atoms with Gasteiger partial charge in [-0.15, -0.1) is 0 Å². The maximum Gasteiger partial charge on any atom is 0.327 e. The number of amides is 9. The Labute approximate surface area is 600 Å². The highest BCUT2D eigenvalue weighted by molar-refractivity contribution is 7.99. The van der Waals surface area contributed by atoms with Gasteiger partial charge in [0.25, 0.3) is 0 Å². The van der Waals surface area contributed by atoms with Crippen LogP contribution in [0.3, 0.4) is 0 Å². The van der Waals surface area contributed by atoms with Gasteiger partial charge < -0.3 is 67.3 Å². The summed E-state index contributed by atoms with van der Waals surface area (Å²) < 4.78 is 5.38. The van der Waals surface area contributed by atoms with E-state index in [9.17, 15) is 82.8 Å². The average Bonchev–Trinajstić information content (AvgIpc) is 1.68. The molecule has 4 aliphatic rings. The molecule has 9 amide bonds. The van der Waals surface area contributed by atoms with Crippen LogP contribution in [0.5, 0.6) is 0 Å². The van der Waals surface area contributed by atoms with Crippen molar-refractivity contribution in [3.05, 3.63) is 70.8 Å². The molecule has 0 saturated carbocycles. The van der Waals surface area contributed by atoms with E-state index in [1.807, 2.05) is 23.1 Å². The molecule has 2 aromatic carbocycles. The molecule has 0 aromatic heterocycles. The predicted octanol–water partition coefficient (Wildman–Crippen LogP) is -0.444. The SMILES string of the molecule is CCOCCC(=O)/N=C/C1CSCc2cc(CSCCNC(=O)CN3CCN(CC(=O)O)CCN(CC(=O)O)CCN(CC(=O)O)CC3)cc(c2)CSC[C@@H](C(=O)O)NC(=O)[C@H](Cc2ccccc2)NC(=O)[C@H](CCC(N)=O)NC(=O)[C@H](CC)NC(=O)[C@@H]2CCCN2C(=O)[C@@H]2CCCN2C1=O. The van der Waals surface area contributed by atoms with E-state index in [2.05, 4.69) is 31.6 Å². The monoisotopic (exact) mass is 1470 g/mol. The highest BCUT2D eigenvalue weighted by atomic mass is 32.2. The molecule has 0 radical (unpaired) electrons. The smallest absolute Gasteiger partial charge is 0.327 e. The van der Waals surface area contributed by atoms with Crippen LogP contribution in [0.4, 0.5) is 0 Å². The number of hydrogen-bond donors (Lipinski definition) is 10. The van der Waals surface area contributed by atoms with Crippen molar-refractivity contribution in [3.63, 3.8) is 0 Å². The molecule has 556 valence electrons. The van der Waals surface area contributed by atoms with E-state index >= 15 is 0 Å². The number of ether oxygens (including phenoxy) is 1. The molecule has 2 bridgehead atoms. The van der Waals surface area contributed by atoms with Crippen LogP contribution in [0.25, 0.3) is 0 Å². The van der Waals surface area contributed by atoms with Gasteiger partial charge in [0.05, 0.1) is 45.1 Å². The number of aliphatic carboxylic acids is 4. The Morgan fingerprint density at radius 3 is 1.70 bits per heavy atom. The highest BCUT2D eigenvalue weighted by Crippen LogP contribution is 2.29. The fraction of sp³-hybridized carbons (Fsp3) is 0.612. The van der Waals surface area contributed by atoms with Crippen LogP contribution in [0.15, 0.2) is 53.5 Å². The number of carboxylic acids is 4. The molecule has 2 aromatic rings. The molecule has 34 heteroatoms. The number of carbonyl (C=O) groups is 13. The minimum absolute atomic E-state index is 0.0260. The number of hydrogen-bond acceptors (Lipinski definition) is 21. The lowest BCUT2D eigenvalue weighted by atomic mass is 10.0. The molecule has 0 spiro atoms. The number of nitrogens with one attached hydrogen (secondary N) is 5. The first kappa shape index (κ1) is 82.2. The van der Waals surface area contributed by atoms with Gasteiger partial charge in [-0.25, -0.2) is 9.79 Å². The minimum atomic E-state index is -1.48. The fourth-order valence-electron chi connectivity index (χ4n) is 12.1. The Balaban J connectivity index is 1.26. The lowest BCUT2D eigenvalue weighted by Crippen LogP contribution is -2.59. The summed E-state index contributed by atoms with van der Waals surface area (Å²) >= 11 is 4.11. The molecule has 1 unspecified atom stereocenters. The van der Waals surface area contributed by atoms with Crippen LogP contribution in [0.1, 0.15) is 87.5 Å². The lowest BCUT2D eigenvalue weighted by molar-refractivity contribution is -0.147. The van der Waals surface area contributed by atoms with Gasteiger partial charge >= 0.3 is 23.9 Å². The molecule has 11 N–H and O–H groups in total. The Morgan fingerprint density at radius 1 is 0.624 bits per heavy atom. The number of benzene rings is 2. The second kappa shape index (κ2) is 43.3. The maximum absolute atomic E-state index is 14.9. The number of aliphatic imine (C=N–C) groups is 1. The molecule has 3 saturated heterocycles. The van der Waals surface area contributed by atoms with Crippen molar-refractivity contribution in [3.8, 4) is 0 Å². The number of carboxylic acid groups (broad SMARTS) is 4. The van der Waals surface area contributed by atoms with Crippen LogP contribution in [0, 0.1) is 5.92 Å². The number of rotatable bonds is 25. The zero-order valence-corrected chi connectivity index (χ0v) is 59.8. The van der Waals surface area contributed by atoms with E-state index in [0.717, 1.165) is 16.7 Å². The number of thioether (sulfide) groups is 3. The van der Waals surface area contributed by atoms with Gasteiger partial charge in [-0.1, -0.05) is 55.5 Å². The van der Waals surface area contributed by atoms with E-state index in [1.54, 1.807) is 58.9 Å². The predicted molar refractivity (Wildman–Crippen MR) is 378 cm³/mol. The van der Waals surface area contributed by atoms with E-state index in [1.165, 1.54) is 51.3 Å². The second-order valence-electron chi connectivity index (χ2n) is 25.2. The van der Waals surface area contributed by atoms with Gasteiger partial charge in [0, 0.05) is 132 Å². The Hall–Kier alpha value is -7.73. The average molecular weight is 1470 g/mol. The molecular formula is C67H97N13O18S3. The maximum atomic E-state index is 14.9. The first-order chi connectivity index (χ1) is 48.4. The van der Waals surface area contributed by atoms with Crippen LogP contribution in [-0.4, -0.2) is 298 Å². The zero-order valence-electron chi connectivity index (χ0n) is 57.3. The van der Waals surface area contributed by atoms with Crippen LogP contribution < -0.4 is 32.3 Å². The fourth-order valence-corrected chi connectivity index (χ4v) is 14.9. The molecular weight excluding hydrogens is 1370 g/mol. The number of primary amides is 1. The molecule has 0 aliphatic carbocycles. The topological polar surface area (TPSA) is 430 Å². The van der Waals surface area contributed by atoms with E-state index in [4.69, 9.17) is 10.5 Å². The minimum Gasteiger partial charge on any atom is -0.480 e. The third-order valence-corrected chi connectivity index (χ3v) is 20.6. The summed E-state index contributed by atoms with van der Waals surface area (Å²) in [7, 11) is 0. The van der Waals surface area contributed by atoms with Crippen molar-refractivity contribution in [2.75, 3.05) is 129 Å². The van der Waals surface area contributed by atoms with Gasteiger partial charge in [0.15, 0.2) is 0 Å². The van der Waals surface area contributed by atoms with E-state index in [-0.39, 0.29) is 166 Å². The normalized spacial score (nSPS) is 23.2. The Morgan fingerprint density at radius 2 is 1.15 bits per heavy atom. The Kier molecular flexibility index (Phi) is 35.2. The van der Waals surface area contributed by atoms with Crippen molar-refractivity contribution >= 4 is 119 Å². The van der Waals surface area contributed by atoms with Gasteiger partial charge in [0.2, 0.25) is 53.2 Å². The summed E-state index contributed by atoms with van der Waals surface area (Å²) in [4.78, 5) is 188. The summed E-state index contributed by atoms with van der Waals surface area (Å²) in [5.41, 5.74) is 8.57. The van der Waals surface area contributed by atoms with Gasteiger partial charge in [-0.2, -0.15) is 35.3 Å². The van der Waals surface area contributed by atoms with Crippen LogP contribution in [0.2, 0.25) is 0 Å². The highest BCUT2D eigenvalue weighted by Gasteiger charge is 2.44. The van der Waals surface area contributed by atoms with Crippen molar-refractivity contribution in [1.82, 2.24) is 56.0 Å². The molecule has 4 aliphatic heterocycles. The van der Waals surface area contributed by atoms with Crippen molar-refractivity contribution in [1.29, 1.82) is 0 Å². The number of fused-ring (bicyclic) bond motifs is 4. The molecule has 7 atom stereocenters. The molecule has 3 fully saturated rings. The summed E-state index contributed by atoms with van der Waals surface area (Å²) in [6.45, 7) is 5.43. The van der Waals surface area contributed by atoms with E-state index < -0.39 is 113 Å². The third kappa shape index (κ3) is 28.9. The third-order valence-electron chi connectivity index (χ3n) is 17.4. The number of nitrogens with zero attached hydrogens (tertiary/aromatic N) is 7. The molecule has 6 rings (SSSR count). The number of carbonyl (C=O) groups excluding carboxylic acids is 9. The lowest BCUT2D eigenvalue weighted by Gasteiger charge is -2.32. The summed E-state index contributed by atoms with van der Waals surface area (Å²) in [6, 6.07) is 6.87.